The molecule has 0 atom stereocenters. The summed E-state index contributed by atoms with van der Waals surface area (Å²) in [4.78, 5) is 5.00. The van der Waals surface area contributed by atoms with Crippen LogP contribution in [0, 0.1) is 0 Å². The van der Waals surface area contributed by atoms with Crippen molar-refractivity contribution in [2.45, 2.75) is 16.4 Å². The molecule has 3 aromatic rings. The molecule has 1 heterocycles. The molecular weight excluding hydrogens is 349 g/mol. The maximum Gasteiger partial charge on any atom is 0.0831 e. The SMILES string of the molecule is OCc1cc2c(Sc3ccc(Cl)cc3Cl)cc(Cl)cc2[nH]1. The normalized spacial score (nSPS) is 11.2. The van der Waals surface area contributed by atoms with E-state index in [0.717, 1.165) is 26.4 Å². The number of halogens is 3. The molecule has 6 heteroatoms. The van der Waals surface area contributed by atoms with Crippen molar-refractivity contribution in [1.29, 1.82) is 0 Å². The van der Waals surface area contributed by atoms with Gasteiger partial charge in [-0.1, -0.05) is 46.6 Å². The lowest BCUT2D eigenvalue weighted by atomic mass is 10.2. The third-order valence-corrected chi connectivity index (χ3v) is 5.02. The van der Waals surface area contributed by atoms with Crippen molar-refractivity contribution in [3.8, 4) is 0 Å². The van der Waals surface area contributed by atoms with Gasteiger partial charge in [-0.3, -0.25) is 0 Å². The van der Waals surface area contributed by atoms with Crippen LogP contribution in [0.15, 0.2) is 46.2 Å². The van der Waals surface area contributed by atoms with Crippen LogP contribution in [0.3, 0.4) is 0 Å². The summed E-state index contributed by atoms with van der Waals surface area (Å²) in [6, 6.07) is 11.0. The summed E-state index contributed by atoms with van der Waals surface area (Å²) >= 11 is 19.8. The molecule has 108 valence electrons. The van der Waals surface area contributed by atoms with Crippen molar-refractivity contribution in [2.24, 2.45) is 0 Å². The molecule has 0 amide bonds. The first-order valence-corrected chi connectivity index (χ1v) is 8.07. The third-order valence-electron chi connectivity index (χ3n) is 3.00. The van der Waals surface area contributed by atoms with E-state index in [4.69, 9.17) is 34.8 Å². The predicted octanol–water partition coefficient (Wildman–Crippen LogP) is 5.77. The number of H-pyrrole nitrogens is 1. The van der Waals surface area contributed by atoms with E-state index in [1.54, 1.807) is 12.1 Å². The monoisotopic (exact) mass is 357 g/mol. The van der Waals surface area contributed by atoms with Crippen molar-refractivity contribution >= 4 is 57.5 Å². The van der Waals surface area contributed by atoms with Crippen molar-refractivity contribution in [2.75, 3.05) is 0 Å². The van der Waals surface area contributed by atoms with Crippen LogP contribution in [0.1, 0.15) is 5.69 Å². The fourth-order valence-electron chi connectivity index (χ4n) is 2.07. The van der Waals surface area contributed by atoms with E-state index in [2.05, 4.69) is 4.98 Å². The van der Waals surface area contributed by atoms with Gasteiger partial charge in [-0.15, -0.1) is 0 Å². The van der Waals surface area contributed by atoms with E-state index in [1.165, 1.54) is 11.8 Å². The summed E-state index contributed by atoms with van der Waals surface area (Å²) in [5.41, 5.74) is 1.63. The Balaban J connectivity index is 2.08. The number of nitrogens with one attached hydrogen (secondary N) is 1. The molecule has 0 saturated carbocycles. The van der Waals surface area contributed by atoms with Gasteiger partial charge in [0.1, 0.15) is 0 Å². The molecule has 3 rings (SSSR count). The number of aliphatic hydroxyl groups excluding tert-OH is 1. The average molecular weight is 359 g/mol. The lowest BCUT2D eigenvalue weighted by molar-refractivity contribution is 0.278. The van der Waals surface area contributed by atoms with Crippen molar-refractivity contribution in [3.05, 3.63) is 57.2 Å². The highest BCUT2D eigenvalue weighted by Gasteiger charge is 2.11. The van der Waals surface area contributed by atoms with Gasteiger partial charge in [0.05, 0.1) is 11.6 Å². The maximum atomic E-state index is 9.26. The Morgan fingerprint density at radius 2 is 1.76 bits per heavy atom. The second-order valence-corrected chi connectivity index (χ2v) is 6.86. The van der Waals surface area contributed by atoms with Crippen LogP contribution >= 0.6 is 46.6 Å². The van der Waals surface area contributed by atoms with E-state index in [0.29, 0.717) is 15.1 Å². The van der Waals surface area contributed by atoms with Crippen LogP contribution in [-0.2, 0) is 6.61 Å². The molecule has 0 radical (unpaired) electrons. The summed E-state index contributed by atoms with van der Waals surface area (Å²) in [6.07, 6.45) is 0. The number of hydrogen-bond donors (Lipinski definition) is 2. The van der Waals surface area contributed by atoms with Crippen LogP contribution < -0.4 is 0 Å². The van der Waals surface area contributed by atoms with Gasteiger partial charge < -0.3 is 10.1 Å². The Morgan fingerprint density at radius 3 is 2.48 bits per heavy atom. The number of benzene rings is 2. The van der Waals surface area contributed by atoms with Gasteiger partial charge in [0.25, 0.3) is 0 Å². The number of rotatable bonds is 3. The molecule has 2 N–H and O–H groups in total. The molecule has 0 fully saturated rings. The first-order chi connectivity index (χ1) is 10.1. The molecule has 2 aromatic carbocycles. The Labute approximate surface area is 141 Å². The second kappa shape index (κ2) is 6.11. The lowest BCUT2D eigenvalue weighted by Gasteiger charge is -2.06. The Hall–Kier alpha value is -0.840. The Bertz CT molecular complexity index is 816. The van der Waals surface area contributed by atoms with E-state index in [1.807, 2.05) is 24.3 Å². The van der Waals surface area contributed by atoms with Crippen LogP contribution in [-0.4, -0.2) is 10.1 Å². The van der Waals surface area contributed by atoms with Crippen LogP contribution in [0.5, 0.6) is 0 Å². The van der Waals surface area contributed by atoms with Gasteiger partial charge in [-0.2, -0.15) is 0 Å². The second-order valence-electron chi connectivity index (χ2n) is 4.49. The molecule has 0 saturated heterocycles. The molecule has 0 unspecified atom stereocenters. The van der Waals surface area contributed by atoms with Crippen molar-refractivity contribution < 1.29 is 5.11 Å². The topological polar surface area (TPSA) is 36.0 Å². The summed E-state index contributed by atoms with van der Waals surface area (Å²) in [5.74, 6) is 0. The minimum Gasteiger partial charge on any atom is -0.390 e. The number of aromatic amines is 1. The van der Waals surface area contributed by atoms with Crippen molar-refractivity contribution in [3.63, 3.8) is 0 Å². The smallest absolute Gasteiger partial charge is 0.0831 e. The number of aromatic nitrogens is 1. The maximum absolute atomic E-state index is 9.26. The zero-order valence-electron chi connectivity index (χ0n) is 10.7. The summed E-state index contributed by atoms with van der Waals surface area (Å²) in [5, 5.41) is 12.1. The van der Waals surface area contributed by atoms with E-state index in [9.17, 15) is 5.11 Å². The van der Waals surface area contributed by atoms with E-state index in [-0.39, 0.29) is 6.61 Å². The quantitative estimate of drug-likeness (QED) is 0.623. The molecule has 2 nitrogen and oxygen atoms in total. The highest BCUT2D eigenvalue weighted by molar-refractivity contribution is 7.99. The highest BCUT2D eigenvalue weighted by atomic mass is 35.5. The molecule has 0 aliphatic carbocycles. The van der Waals surface area contributed by atoms with Gasteiger partial charge >= 0.3 is 0 Å². The van der Waals surface area contributed by atoms with E-state index >= 15 is 0 Å². The third kappa shape index (κ3) is 3.17. The molecule has 1 aromatic heterocycles. The minimum atomic E-state index is -0.0435. The number of hydrogen-bond acceptors (Lipinski definition) is 2. The van der Waals surface area contributed by atoms with Crippen LogP contribution in [0.4, 0.5) is 0 Å². The predicted molar refractivity (Wildman–Crippen MR) is 89.8 cm³/mol. The number of fused-ring (bicyclic) bond motifs is 1. The standard InChI is InChI=1S/C15H10Cl3NOS/c16-8-1-2-14(12(18)3-8)21-15-5-9(17)4-13-11(15)6-10(7-20)19-13/h1-6,19-20H,7H2. The summed E-state index contributed by atoms with van der Waals surface area (Å²) in [7, 11) is 0. The summed E-state index contributed by atoms with van der Waals surface area (Å²) in [6.45, 7) is -0.0435. The summed E-state index contributed by atoms with van der Waals surface area (Å²) < 4.78 is 0. The zero-order chi connectivity index (χ0) is 15.0. The largest absolute Gasteiger partial charge is 0.390 e. The Kier molecular flexibility index (Phi) is 4.38. The first kappa shape index (κ1) is 15.1. The van der Waals surface area contributed by atoms with Crippen LogP contribution in [0.25, 0.3) is 10.9 Å². The molecule has 0 spiro atoms. The Morgan fingerprint density at radius 1 is 0.952 bits per heavy atom. The van der Waals surface area contributed by atoms with Gasteiger partial charge in [0, 0.05) is 36.4 Å². The van der Waals surface area contributed by atoms with Crippen LogP contribution in [0.2, 0.25) is 15.1 Å². The lowest BCUT2D eigenvalue weighted by Crippen LogP contribution is -1.79. The molecular formula is C15H10Cl3NOS. The molecule has 0 aliphatic rings. The fraction of sp³-hybridized carbons (Fsp3) is 0.0667. The van der Waals surface area contributed by atoms with Crippen molar-refractivity contribution in [1.82, 2.24) is 4.98 Å². The van der Waals surface area contributed by atoms with E-state index < -0.39 is 0 Å². The average Bonchev–Trinajstić information content (AvgIpc) is 2.85. The minimum absolute atomic E-state index is 0.0435. The highest BCUT2D eigenvalue weighted by Crippen LogP contribution is 2.39. The number of aliphatic hydroxyl groups is 1. The molecule has 0 bridgehead atoms. The zero-order valence-corrected chi connectivity index (χ0v) is 13.7. The first-order valence-electron chi connectivity index (χ1n) is 6.12. The van der Waals surface area contributed by atoms with Gasteiger partial charge in [0.15, 0.2) is 0 Å². The van der Waals surface area contributed by atoms with Gasteiger partial charge in [-0.05, 0) is 36.4 Å². The fourth-order valence-corrected chi connectivity index (χ4v) is 3.88. The van der Waals surface area contributed by atoms with Gasteiger partial charge in [0.2, 0.25) is 0 Å². The van der Waals surface area contributed by atoms with Gasteiger partial charge in [-0.25, -0.2) is 0 Å². The molecule has 0 aliphatic heterocycles. The molecule has 21 heavy (non-hydrogen) atoms.